The summed E-state index contributed by atoms with van der Waals surface area (Å²) in [6.45, 7) is 0.0710. The molecular weight excluding hydrogens is 297 g/mol. The van der Waals surface area contributed by atoms with Gasteiger partial charge in [-0.1, -0.05) is 17.7 Å². The Balaban J connectivity index is 2.20. The van der Waals surface area contributed by atoms with Crippen LogP contribution in [-0.2, 0) is 11.3 Å². The highest BCUT2D eigenvalue weighted by molar-refractivity contribution is 6.30. The zero-order chi connectivity index (χ0) is 15.4. The summed E-state index contributed by atoms with van der Waals surface area (Å²) in [5.74, 6) is -0.789. The summed E-state index contributed by atoms with van der Waals surface area (Å²) >= 11 is 5.61. The molecule has 0 unspecified atom stereocenters. The lowest BCUT2D eigenvalue weighted by molar-refractivity contribution is 0.0595. The van der Waals surface area contributed by atoms with E-state index in [-0.39, 0.29) is 22.9 Å². The average molecular weight is 310 g/mol. The second-order valence-electron chi connectivity index (χ2n) is 4.28. The quantitative estimate of drug-likeness (QED) is 0.694. The summed E-state index contributed by atoms with van der Waals surface area (Å²) in [4.78, 5) is 11.6. The number of rotatable bonds is 4. The van der Waals surface area contributed by atoms with E-state index in [1.54, 1.807) is 12.1 Å². The molecule has 6 heteroatoms. The van der Waals surface area contributed by atoms with Crippen molar-refractivity contribution in [2.45, 2.75) is 6.61 Å². The fraction of sp³-hybridized carbons (Fsp3) is 0.133. The number of ether oxygens (including phenoxy) is 2. The van der Waals surface area contributed by atoms with Crippen LogP contribution >= 0.6 is 11.6 Å². The normalized spacial score (nSPS) is 10.2. The number of anilines is 1. The van der Waals surface area contributed by atoms with Crippen molar-refractivity contribution in [3.8, 4) is 5.75 Å². The third-order valence-corrected chi connectivity index (χ3v) is 3.10. The van der Waals surface area contributed by atoms with E-state index in [4.69, 9.17) is 22.1 Å². The molecule has 4 nitrogen and oxygen atoms in total. The summed E-state index contributed by atoms with van der Waals surface area (Å²) in [6.07, 6.45) is 0. The summed E-state index contributed by atoms with van der Waals surface area (Å²) in [7, 11) is 1.27. The molecule has 0 atom stereocenters. The van der Waals surface area contributed by atoms with Crippen molar-refractivity contribution in [2.75, 3.05) is 12.8 Å². The number of carbonyl (C=O) groups excluding carboxylic acids is 1. The molecule has 0 aliphatic heterocycles. The highest BCUT2D eigenvalue weighted by atomic mass is 35.5. The topological polar surface area (TPSA) is 61.5 Å². The lowest BCUT2D eigenvalue weighted by atomic mass is 10.2. The number of halogens is 2. The van der Waals surface area contributed by atoms with Crippen LogP contribution < -0.4 is 10.5 Å². The van der Waals surface area contributed by atoms with E-state index < -0.39 is 11.8 Å². The van der Waals surface area contributed by atoms with Gasteiger partial charge >= 0.3 is 5.97 Å². The number of carbonyl (C=O) groups is 1. The first-order valence-electron chi connectivity index (χ1n) is 6.06. The highest BCUT2D eigenvalue weighted by Crippen LogP contribution is 2.24. The Hall–Kier alpha value is -2.27. The Labute approximate surface area is 126 Å². The van der Waals surface area contributed by atoms with E-state index in [1.807, 2.05) is 0 Å². The van der Waals surface area contributed by atoms with E-state index in [2.05, 4.69) is 4.74 Å². The van der Waals surface area contributed by atoms with Crippen molar-refractivity contribution in [1.82, 2.24) is 0 Å². The van der Waals surface area contributed by atoms with Crippen LogP contribution in [0.2, 0.25) is 5.02 Å². The Kier molecular flexibility index (Phi) is 4.65. The van der Waals surface area contributed by atoms with E-state index in [0.717, 1.165) is 0 Å². The van der Waals surface area contributed by atoms with Crippen molar-refractivity contribution < 1.29 is 18.7 Å². The number of benzene rings is 2. The molecule has 0 aliphatic carbocycles. The van der Waals surface area contributed by atoms with Crippen molar-refractivity contribution >= 4 is 23.3 Å². The predicted octanol–water partition coefficient (Wildman–Crippen LogP) is 3.43. The smallest absolute Gasteiger partial charge is 0.341 e. The number of methoxy groups -OCH3 is 1. The van der Waals surface area contributed by atoms with Crippen LogP contribution in [0.5, 0.6) is 5.75 Å². The van der Waals surface area contributed by atoms with E-state index in [0.29, 0.717) is 11.3 Å². The van der Waals surface area contributed by atoms with Crippen molar-refractivity contribution in [3.63, 3.8) is 0 Å². The molecule has 2 aromatic carbocycles. The van der Waals surface area contributed by atoms with Gasteiger partial charge in [0.15, 0.2) is 0 Å². The maximum Gasteiger partial charge on any atom is 0.341 e. The minimum atomic E-state index is -0.535. The molecule has 2 aromatic rings. The summed E-state index contributed by atoms with van der Waals surface area (Å²) in [5.41, 5.74) is 6.95. The zero-order valence-corrected chi connectivity index (χ0v) is 12.0. The number of hydrogen-bond acceptors (Lipinski definition) is 4. The third-order valence-electron chi connectivity index (χ3n) is 2.79. The first kappa shape index (κ1) is 15.1. The van der Waals surface area contributed by atoms with Crippen LogP contribution in [-0.4, -0.2) is 13.1 Å². The standard InChI is InChI=1S/C15H13ClFNO3/c1-20-15(19)11-4-3-10(18)7-14(11)21-8-9-2-5-12(16)13(17)6-9/h2-7H,8,18H2,1H3. The highest BCUT2D eigenvalue weighted by Gasteiger charge is 2.13. The van der Waals surface area contributed by atoms with Crippen LogP contribution in [0.3, 0.4) is 0 Å². The first-order valence-corrected chi connectivity index (χ1v) is 6.43. The van der Waals surface area contributed by atoms with Crippen molar-refractivity contribution in [3.05, 3.63) is 58.4 Å². The molecule has 0 aromatic heterocycles. The van der Waals surface area contributed by atoms with Gasteiger partial charge in [-0.2, -0.15) is 0 Å². The molecule has 0 aliphatic rings. The van der Waals surface area contributed by atoms with Crippen molar-refractivity contribution in [1.29, 1.82) is 0 Å². The third kappa shape index (κ3) is 3.64. The number of nitrogen functional groups attached to an aromatic ring is 1. The second-order valence-corrected chi connectivity index (χ2v) is 4.69. The molecule has 0 radical (unpaired) electrons. The molecule has 0 bridgehead atoms. The lowest BCUT2D eigenvalue weighted by Gasteiger charge is -2.11. The monoisotopic (exact) mass is 309 g/mol. The van der Waals surface area contributed by atoms with E-state index >= 15 is 0 Å². The molecule has 0 spiro atoms. The van der Waals surface area contributed by atoms with E-state index in [1.165, 1.54) is 31.4 Å². The summed E-state index contributed by atoms with van der Waals surface area (Å²) in [5, 5.41) is 0.0398. The fourth-order valence-electron chi connectivity index (χ4n) is 1.73. The van der Waals surface area contributed by atoms with E-state index in [9.17, 15) is 9.18 Å². The first-order chi connectivity index (χ1) is 10.0. The Morgan fingerprint density at radius 3 is 2.71 bits per heavy atom. The van der Waals surface area contributed by atoms with Gasteiger partial charge in [0.25, 0.3) is 0 Å². The van der Waals surface area contributed by atoms with Gasteiger partial charge in [-0.25, -0.2) is 9.18 Å². The number of hydrogen-bond donors (Lipinski definition) is 1. The summed E-state index contributed by atoms with van der Waals surface area (Å²) in [6, 6.07) is 8.94. The van der Waals surface area contributed by atoms with Crippen molar-refractivity contribution in [2.24, 2.45) is 0 Å². The molecular formula is C15H13ClFNO3. The maximum atomic E-state index is 13.3. The SMILES string of the molecule is COC(=O)c1ccc(N)cc1OCc1ccc(Cl)c(F)c1. The van der Waals surface area contributed by atoms with Gasteiger partial charge < -0.3 is 15.2 Å². The average Bonchev–Trinajstić information content (AvgIpc) is 2.48. The minimum absolute atomic E-state index is 0.0398. The van der Waals surface area contributed by atoms with Gasteiger partial charge in [0.2, 0.25) is 0 Å². The van der Waals surface area contributed by atoms with Crippen LogP contribution in [0.15, 0.2) is 36.4 Å². The molecule has 0 saturated carbocycles. The van der Waals surface area contributed by atoms with Gasteiger partial charge in [0, 0.05) is 11.8 Å². The minimum Gasteiger partial charge on any atom is -0.488 e. The zero-order valence-electron chi connectivity index (χ0n) is 11.2. The molecule has 0 heterocycles. The van der Waals surface area contributed by atoms with Gasteiger partial charge in [-0.15, -0.1) is 0 Å². The van der Waals surface area contributed by atoms with Crippen LogP contribution in [0, 0.1) is 5.82 Å². The van der Waals surface area contributed by atoms with Gasteiger partial charge in [0.1, 0.15) is 23.7 Å². The van der Waals surface area contributed by atoms with Crippen LogP contribution in [0.25, 0.3) is 0 Å². The van der Waals surface area contributed by atoms with Gasteiger partial charge in [-0.3, -0.25) is 0 Å². The number of nitrogens with two attached hydrogens (primary N) is 1. The fourth-order valence-corrected chi connectivity index (χ4v) is 1.84. The maximum absolute atomic E-state index is 13.3. The largest absolute Gasteiger partial charge is 0.488 e. The molecule has 0 fully saturated rings. The molecule has 21 heavy (non-hydrogen) atoms. The molecule has 2 rings (SSSR count). The predicted molar refractivity (Wildman–Crippen MR) is 77.9 cm³/mol. The van der Waals surface area contributed by atoms with Crippen LogP contribution in [0.4, 0.5) is 10.1 Å². The Morgan fingerprint density at radius 2 is 2.05 bits per heavy atom. The molecule has 2 N–H and O–H groups in total. The summed E-state index contributed by atoms with van der Waals surface area (Å²) < 4.78 is 23.5. The number of esters is 1. The molecule has 110 valence electrons. The Bertz CT molecular complexity index is 676. The van der Waals surface area contributed by atoms with Gasteiger partial charge in [0.05, 0.1) is 12.1 Å². The Morgan fingerprint density at radius 1 is 1.29 bits per heavy atom. The molecule has 0 amide bonds. The van der Waals surface area contributed by atoms with Gasteiger partial charge in [-0.05, 0) is 29.8 Å². The second kappa shape index (κ2) is 6.45. The molecule has 0 saturated heterocycles. The lowest BCUT2D eigenvalue weighted by Crippen LogP contribution is -2.06. The van der Waals surface area contributed by atoms with Crippen LogP contribution in [0.1, 0.15) is 15.9 Å².